The van der Waals surface area contributed by atoms with Gasteiger partial charge >= 0.3 is 0 Å². The summed E-state index contributed by atoms with van der Waals surface area (Å²) < 4.78 is 0.742. The molecule has 0 radical (unpaired) electrons. The van der Waals surface area contributed by atoms with Gasteiger partial charge < -0.3 is 4.90 Å². The first kappa shape index (κ1) is 16.9. The van der Waals surface area contributed by atoms with Gasteiger partial charge in [-0.3, -0.25) is 4.79 Å². The van der Waals surface area contributed by atoms with E-state index in [9.17, 15) is 4.79 Å². The van der Waals surface area contributed by atoms with Gasteiger partial charge in [0.2, 0.25) is 5.91 Å². The molecule has 0 spiro atoms. The monoisotopic (exact) mass is 350 g/mol. The number of thioether (sulfide) groups is 1. The molecule has 2 aromatic rings. The van der Waals surface area contributed by atoms with E-state index in [2.05, 4.69) is 6.07 Å². The minimum absolute atomic E-state index is 0.100. The number of rotatable bonds is 6. The molecule has 0 atom stereocenters. The molecular formula is C16H15ClN2OS2. The third-order valence-corrected chi connectivity index (χ3v) is 5.23. The van der Waals surface area contributed by atoms with Gasteiger partial charge in [-0.25, -0.2) is 0 Å². The van der Waals surface area contributed by atoms with Crippen LogP contribution < -0.4 is 0 Å². The lowest BCUT2D eigenvalue weighted by atomic mass is 10.2. The summed E-state index contributed by atoms with van der Waals surface area (Å²) in [6, 6.07) is 13.3. The van der Waals surface area contributed by atoms with E-state index in [-0.39, 0.29) is 5.91 Å². The second-order valence-corrected chi connectivity index (χ2v) is 7.54. The normalized spacial score (nSPS) is 10.2. The second-order valence-electron chi connectivity index (χ2n) is 4.76. The van der Waals surface area contributed by atoms with E-state index in [0.29, 0.717) is 17.9 Å². The van der Waals surface area contributed by atoms with Crippen LogP contribution in [0.5, 0.6) is 0 Å². The minimum Gasteiger partial charge on any atom is -0.340 e. The van der Waals surface area contributed by atoms with Gasteiger partial charge in [0.05, 0.1) is 28.3 Å². The molecule has 114 valence electrons. The molecule has 22 heavy (non-hydrogen) atoms. The molecule has 1 amide bonds. The Morgan fingerprint density at radius 2 is 2.05 bits per heavy atom. The number of hydrogen-bond donors (Lipinski definition) is 0. The van der Waals surface area contributed by atoms with Gasteiger partial charge in [0, 0.05) is 17.7 Å². The average molecular weight is 351 g/mol. The van der Waals surface area contributed by atoms with Gasteiger partial charge in [-0.05, 0) is 29.8 Å². The Bertz CT molecular complexity index is 676. The van der Waals surface area contributed by atoms with Gasteiger partial charge in [-0.2, -0.15) is 5.26 Å². The molecule has 0 aliphatic heterocycles. The first-order valence-corrected chi connectivity index (χ1v) is 8.98. The number of halogens is 1. The third kappa shape index (κ3) is 5.06. The summed E-state index contributed by atoms with van der Waals surface area (Å²) in [5, 5.41) is 8.75. The van der Waals surface area contributed by atoms with Crippen LogP contribution in [-0.4, -0.2) is 23.6 Å². The quantitative estimate of drug-likeness (QED) is 0.785. The van der Waals surface area contributed by atoms with Crippen LogP contribution in [0.1, 0.15) is 16.0 Å². The first-order valence-electron chi connectivity index (χ1n) is 6.63. The van der Waals surface area contributed by atoms with Gasteiger partial charge in [0.1, 0.15) is 0 Å². The van der Waals surface area contributed by atoms with Crippen molar-refractivity contribution in [2.75, 3.05) is 12.8 Å². The average Bonchev–Trinajstić information content (AvgIpc) is 2.93. The van der Waals surface area contributed by atoms with Gasteiger partial charge in [-0.1, -0.05) is 23.7 Å². The van der Waals surface area contributed by atoms with Crippen LogP contribution in [0, 0.1) is 11.3 Å². The molecule has 1 aromatic heterocycles. The van der Waals surface area contributed by atoms with Crippen molar-refractivity contribution in [1.82, 2.24) is 4.90 Å². The first-order chi connectivity index (χ1) is 10.6. The van der Waals surface area contributed by atoms with Crippen LogP contribution in [0.2, 0.25) is 4.34 Å². The Balaban J connectivity index is 1.75. The molecule has 0 N–H and O–H groups in total. The number of amides is 1. The highest BCUT2D eigenvalue weighted by atomic mass is 35.5. The van der Waals surface area contributed by atoms with E-state index in [4.69, 9.17) is 16.9 Å². The smallest absolute Gasteiger partial charge is 0.232 e. The fraction of sp³-hybridized carbons (Fsp3) is 0.250. The molecule has 6 heteroatoms. The zero-order chi connectivity index (χ0) is 15.9. The maximum atomic E-state index is 12.1. The summed E-state index contributed by atoms with van der Waals surface area (Å²) in [5.41, 5.74) is 1.77. The molecular weight excluding hydrogens is 336 g/mol. The molecule has 2 rings (SSSR count). The Labute approximate surface area is 143 Å². The highest BCUT2D eigenvalue weighted by Crippen LogP contribution is 2.22. The number of benzene rings is 1. The summed E-state index contributed by atoms with van der Waals surface area (Å²) in [7, 11) is 1.80. The third-order valence-electron chi connectivity index (χ3n) is 3.02. The summed E-state index contributed by atoms with van der Waals surface area (Å²) >= 11 is 8.96. The Hall–Kier alpha value is -1.48. The van der Waals surface area contributed by atoms with Crippen molar-refractivity contribution in [3.63, 3.8) is 0 Å². The largest absolute Gasteiger partial charge is 0.340 e. The number of nitriles is 1. The van der Waals surface area contributed by atoms with Crippen LogP contribution in [-0.2, 0) is 17.1 Å². The molecule has 0 aliphatic rings. The number of hydrogen-bond acceptors (Lipinski definition) is 4. The van der Waals surface area contributed by atoms with Crippen LogP contribution in [0.25, 0.3) is 0 Å². The van der Waals surface area contributed by atoms with Crippen LogP contribution >= 0.6 is 34.7 Å². The standard InChI is InChI=1S/C16H15ClN2OS2/c1-19(9-14-6-7-15(17)22-14)16(20)11-21-10-13-4-2-12(8-18)3-5-13/h2-7H,9-11H2,1H3. The lowest BCUT2D eigenvalue weighted by Gasteiger charge is -2.15. The van der Waals surface area contributed by atoms with Crippen molar-refractivity contribution in [2.45, 2.75) is 12.3 Å². The molecule has 0 saturated carbocycles. The summed E-state index contributed by atoms with van der Waals surface area (Å²) in [6.07, 6.45) is 0. The number of carbonyl (C=O) groups is 1. The summed E-state index contributed by atoms with van der Waals surface area (Å²) in [5.74, 6) is 1.30. The predicted octanol–water partition coefficient (Wildman–Crippen LogP) is 4.16. The molecule has 3 nitrogen and oxygen atoms in total. The van der Waals surface area contributed by atoms with Crippen LogP contribution in [0.3, 0.4) is 0 Å². The van der Waals surface area contributed by atoms with Crippen LogP contribution in [0.15, 0.2) is 36.4 Å². The summed E-state index contributed by atoms with van der Waals surface area (Å²) in [4.78, 5) is 14.9. The second kappa shape index (κ2) is 8.23. The van der Waals surface area contributed by atoms with Crippen molar-refractivity contribution >= 4 is 40.6 Å². The van der Waals surface area contributed by atoms with Crippen LogP contribution in [0.4, 0.5) is 0 Å². The van der Waals surface area contributed by atoms with Crippen molar-refractivity contribution in [3.05, 3.63) is 56.7 Å². The lowest BCUT2D eigenvalue weighted by molar-refractivity contribution is -0.127. The van der Waals surface area contributed by atoms with E-state index < -0.39 is 0 Å². The molecule has 0 saturated heterocycles. The highest BCUT2D eigenvalue weighted by Gasteiger charge is 2.10. The van der Waals surface area contributed by atoms with E-state index in [1.165, 1.54) is 11.3 Å². The number of thiophene rings is 1. The lowest BCUT2D eigenvalue weighted by Crippen LogP contribution is -2.27. The Morgan fingerprint density at radius 3 is 2.64 bits per heavy atom. The van der Waals surface area contributed by atoms with Gasteiger partial charge in [-0.15, -0.1) is 23.1 Å². The van der Waals surface area contributed by atoms with Gasteiger partial charge in [0.25, 0.3) is 0 Å². The van der Waals surface area contributed by atoms with Crippen molar-refractivity contribution < 1.29 is 4.79 Å². The number of nitrogens with zero attached hydrogens (tertiary/aromatic N) is 2. The molecule has 0 bridgehead atoms. The molecule has 0 fully saturated rings. The zero-order valence-electron chi connectivity index (χ0n) is 12.1. The minimum atomic E-state index is 0.100. The topological polar surface area (TPSA) is 44.1 Å². The van der Waals surface area contributed by atoms with E-state index in [1.807, 2.05) is 24.3 Å². The molecule has 0 unspecified atom stereocenters. The van der Waals surface area contributed by atoms with Crippen molar-refractivity contribution in [1.29, 1.82) is 5.26 Å². The highest BCUT2D eigenvalue weighted by molar-refractivity contribution is 7.99. The van der Waals surface area contributed by atoms with Crippen molar-refractivity contribution in [3.8, 4) is 6.07 Å². The van der Waals surface area contributed by atoms with E-state index in [1.54, 1.807) is 35.8 Å². The maximum absolute atomic E-state index is 12.1. The molecule has 1 aromatic carbocycles. The SMILES string of the molecule is CN(Cc1ccc(Cl)s1)C(=O)CSCc1ccc(C#N)cc1. The number of carbonyl (C=O) groups excluding carboxylic acids is 1. The summed E-state index contributed by atoms with van der Waals surface area (Å²) in [6.45, 7) is 0.591. The Morgan fingerprint density at radius 1 is 1.32 bits per heavy atom. The van der Waals surface area contributed by atoms with Gasteiger partial charge in [0.15, 0.2) is 0 Å². The molecule has 0 aliphatic carbocycles. The van der Waals surface area contributed by atoms with Crippen molar-refractivity contribution in [2.24, 2.45) is 0 Å². The van der Waals surface area contributed by atoms with E-state index >= 15 is 0 Å². The fourth-order valence-electron chi connectivity index (χ4n) is 1.80. The van der Waals surface area contributed by atoms with E-state index in [0.717, 1.165) is 20.5 Å². The maximum Gasteiger partial charge on any atom is 0.232 e. The zero-order valence-corrected chi connectivity index (χ0v) is 14.5. The fourth-order valence-corrected chi connectivity index (χ4v) is 3.87. The molecule has 1 heterocycles. The predicted molar refractivity (Wildman–Crippen MR) is 93.1 cm³/mol. The Kier molecular flexibility index (Phi) is 6.32.